The predicted octanol–water partition coefficient (Wildman–Crippen LogP) is 5.17. The first-order chi connectivity index (χ1) is 9.85. The smallest absolute Gasteiger partial charge is 0.221 e. The van der Waals surface area contributed by atoms with Gasteiger partial charge in [-0.2, -0.15) is 0 Å². The average molecular weight is 290 g/mol. The summed E-state index contributed by atoms with van der Waals surface area (Å²) < 4.78 is 5.91. The molecule has 0 saturated heterocycles. The van der Waals surface area contributed by atoms with Crippen molar-refractivity contribution in [2.75, 3.05) is 6.61 Å². The van der Waals surface area contributed by atoms with E-state index >= 15 is 0 Å². The fourth-order valence-electron chi connectivity index (χ4n) is 2.20. The second-order valence-electron chi connectivity index (χ2n) is 4.87. The third-order valence-corrected chi connectivity index (χ3v) is 3.49. The largest absolute Gasteiger partial charge is 0.477 e. The molecule has 0 amide bonds. The van der Waals surface area contributed by atoms with Gasteiger partial charge in [-0.05, 0) is 23.9 Å². The minimum absolute atomic E-state index is 0.341. The van der Waals surface area contributed by atoms with Gasteiger partial charge in [-0.15, -0.1) is 0 Å². The lowest BCUT2D eigenvalue weighted by Crippen LogP contribution is -2.10. The third kappa shape index (κ3) is 3.97. The number of aromatic nitrogens is 1. The monoisotopic (exact) mass is 289 g/mol. The van der Waals surface area contributed by atoms with Crippen molar-refractivity contribution in [3.8, 4) is 5.88 Å². The van der Waals surface area contributed by atoms with Gasteiger partial charge in [-0.25, -0.2) is 4.98 Å². The van der Waals surface area contributed by atoms with Crippen LogP contribution in [0.4, 0.5) is 0 Å². The number of pyridine rings is 1. The van der Waals surface area contributed by atoms with E-state index in [2.05, 4.69) is 18.0 Å². The second kappa shape index (κ2) is 7.91. The highest BCUT2D eigenvalue weighted by Crippen LogP contribution is 2.23. The van der Waals surface area contributed by atoms with Crippen molar-refractivity contribution in [2.24, 2.45) is 5.92 Å². The summed E-state index contributed by atoms with van der Waals surface area (Å²) in [5.74, 6) is 1.04. The number of halogens is 1. The fourth-order valence-corrected chi connectivity index (χ4v) is 2.40. The minimum Gasteiger partial charge on any atom is -0.477 e. The van der Waals surface area contributed by atoms with Crippen LogP contribution in [0.3, 0.4) is 0 Å². The topological polar surface area (TPSA) is 22.1 Å². The summed E-state index contributed by atoms with van der Waals surface area (Å²) in [7, 11) is 0. The number of hydrogen-bond donors (Lipinski definition) is 0. The summed E-state index contributed by atoms with van der Waals surface area (Å²) in [4.78, 5) is 4.34. The number of ether oxygens (including phenoxy) is 1. The molecule has 0 fully saturated rings. The van der Waals surface area contributed by atoms with Gasteiger partial charge >= 0.3 is 0 Å². The number of rotatable bonds is 7. The zero-order chi connectivity index (χ0) is 14.2. The lowest BCUT2D eigenvalue weighted by Gasteiger charge is -2.14. The van der Waals surface area contributed by atoms with Crippen molar-refractivity contribution in [2.45, 2.75) is 26.2 Å². The van der Waals surface area contributed by atoms with Crippen molar-refractivity contribution in [3.05, 3.63) is 48.1 Å². The van der Waals surface area contributed by atoms with Gasteiger partial charge in [0.2, 0.25) is 5.88 Å². The minimum atomic E-state index is 0.341. The Labute approximate surface area is 125 Å². The van der Waals surface area contributed by atoms with E-state index in [0.29, 0.717) is 18.4 Å². The van der Waals surface area contributed by atoms with Gasteiger partial charge in [0.05, 0.1) is 6.61 Å². The van der Waals surface area contributed by atoms with Crippen LogP contribution in [-0.4, -0.2) is 11.6 Å². The van der Waals surface area contributed by atoms with E-state index in [0.717, 1.165) is 17.2 Å². The van der Waals surface area contributed by atoms with Gasteiger partial charge in [0.15, 0.2) is 0 Å². The maximum Gasteiger partial charge on any atom is 0.221 e. The van der Waals surface area contributed by atoms with E-state index in [4.69, 9.17) is 16.3 Å². The predicted molar refractivity (Wildman–Crippen MR) is 85.2 cm³/mol. The van der Waals surface area contributed by atoms with E-state index in [1.807, 2.05) is 30.3 Å². The van der Waals surface area contributed by atoms with Crippen molar-refractivity contribution in [3.63, 3.8) is 0 Å². The van der Waals surface area contributed by atoms with Crippen LogP contribution in [0.2, 0.25) is 0 Å². The Kier molecular flexibility index (Phi) is 5.87. The summed E-state index contributed by atoms with van der Waals surface area (Å²) in [5.41, 5.74) is 1.58. The first-order valence-corrected chi connectivity index (χ1v) is 7.52. The van der Waals surface area contributed by atoms with Crippen LogP contribution in [0, 0.1) is 5.92 Å². The molecule has 2 aromatic rings. The third-order valence-electron chi connectivity index (χ3n) is 3.34. The van der Waals surface area contributed by atoms with Gasteiger partial charge in [0, 0.05) is 23.0 Å². The van der Waals surface area contributed by atoms with E-state index < -0.39 is 0 Å². The first kappa shape index (κ1) is 14.9. The molecule has 1 aromatic heterocycles. The summed E-state index contributed by atoms with van der Waals surface area (Å²) in [6.07, 6.45) is 7.24. The van der Waals surface area contributed by atoms with Crippen LogP contribution in [0.1, 0.15) is 26.2 Å². The Balaban J connectivity index is 2.07. The van der Waals surface area contributed by atoms with Crippen molar-refractivity contribution >= 4 is 22.4 Å². The summed E-state index contributed by atoms with van der Waals surface area (Å²) in [5, 5.41) is 2.20. The van der Waals surface area contributed by atoms with Crippen LogP contribution in [0.15, 0.2) is 48.1 Å². The van der Waals surface area contributed by atoms with Crippen LogP contribution in [0.25, 0.3) is 10.8 Å². The van der Waals surface area contributed by atoms with Crippen molar-refractivity contribution in [1.29, 1.82) is 0 Å². The van der Waals surface area contributed by atoms with Gasteiger partial charge in [0.25, 0.3) is 0 Å². The lowest BCUT2D eigenvalue weighted by molar-refractivity contribution is 0.260. The Hall–Kier alpha value is -1.54. The molecular formula is C17H20ClNO. The molecule has 2 rings (SSSR count). The molecule has 0 radical (unpaired) electrons. The molecule has 1 atom stereocenters. The average Bonchev–Trinajstić information content (AvgIpc) is 2.50. The Morgan fingerprint density at radius 3 is 2.95 bits per heavy atom. The lowest BCUT2D eigenvalue weighted by atomic mass is 10.0. The normalized spacial score (nSPS) is 12.9. The molecule has 20 heavy (non-hydrogen) atoms. The highest BCUT2D eigenvalue weighted by atomic mass is 35.5. The molecule has 1 unspecified atom stereocenters. The fraction of sp³-hybridized carbons (Fsp3) is 0.353. The summed E-state index contributed by atoms with van der Waals surface area (Å²) >= 11 is 5.70. The summed E-state index contributed by atoms with van der Waals surface area (Å²) in [6.45, 7) is 2.80. The Morgan fingerprint density at radius 1 is 1.30 bits per heavy atom. The van der Waals surface area contributed by atoms with E-state index in [1.165, 1.54) is 12.8 Å². The number of benzene rings is 1. The number of unbranched alkanes of at least 4 members (excludes halogenated alkanes) is 1. The maximum atomic E-state index is 5.91. The quantitative estimate of drug-likeness (QED) is 0.701. The molecule has 2 nitrogen and oxygen atoms in total. The molecule has 1 aromatic carbocycles. The van der Waals surface area contributed by atoms with E-state index in [-0.39, 0.29) is 0 Å². The zero-order valence-electron chi connectivity index (χ0n) is 11.8. The van der Waals surface area contributed by atoms with Gasteiger partial charge in [0.1, 0.15) is 0 Å². The molecule has 0 N–H and O–H groups in total. The Bertz CT molecular complexity index is 562. The standard InChI is InChI=1S/C17H20ClNO/c1-2-3-6-14(9-11-18)13-20-17-16-8-5-4-7-15(16)10-12-19-17/h4-5,7-12,14H,2-3,6,13H2,1H3. The van der Waals surface area contributed by atoms with Crippen molar-refractivity contribution < 1.29 is 4.74 Å². The number of hydrogen-bond acceptors (Lipinski definition) is 2. The summed E-state index contributed by atoms with van der Waals surface area (Å²) in [6, 6.07) is 10.1. The number of fused-ring (bicyclic) bond motifs is 1. The van der Waals surface area contributed by atoms with E-state index in [9.17, 15) is 0 Å². The van der Waals surface area contributed by atoms with Gasteiger partial charge in [-0.3, -0.25) is 0 Å². The molecule has 0 aliphatic carbocycles. The van der Waals surface area contributed by atoms with Crippen LogP contribution < -0.4 is 4.74 Å². The maximum absolute atomic E-state index is 5.91. The molecule has 0 saturated carbocycles. The molecule has 1 heterocycles. The molecule has 3 heteroatoms. The second-order valence-corrected chi connectivity index (χ2v) is 5.12. The van der Waals surface area contributed by atoms with Gasteiger partial charge in [-0.1, -0.05) is 55.6 Å². The van der Waals surface area contributed by atoms with Crippen LogP contribution >= 0.6 is 11.6 Å². The Morgan fingerprint density at radius 2 is 2.15 bits per heavy atom. The molecule has 106 valence electrons. The molecule has 0 aliphatic heterocycles. The van der Waals surface area contributed by atoms with Crippen molar-refractivity contribution in [1.82, 2.24) is 4.98 Å². The molecule has 0 aliphatic rings. The highest BCUT2D eigenvalue weighted by molar-refractivity contribution is 6.25. The number of nitrogens with zero attached hydrogens (tertiary/aromatic N) is 1. The highest BCUT2D eigenvalue weighted by Gasteiger charge is 2.08. The SMILES string of the molecule is CCCCC(C=CCl)COc1nccc2ccccc12. The zero-order valence-corrected chi connectivity index (χ0v) is 12.5. The van der Waals surface area contributed by atoms with Crippen LogP contribution in [0.5, 0.6) is 5.88 Å². The molecule has 0 spiro atoms. The van der Waals surface area contributed by atoms with Crippen LogP contribution in [-0.2, 0) is 0 Å². The first-order valence-electron chi connectivity index (χ1n) is 7.08. The van der Waals surface area contributed by atoms with Gasteiger partial charge < -0.3 is 4.74 Å². The molecule has 0 bridgehead atoms. The molecular weight excluding hydrogens is 270 g/mol. The van der Waals surface area contributed by atoms with E-state index in [1.54, 1.807) is 11.7 Å².